The van der Waals surface area contributed by atoms with Gasteiger partial charge in [0.15, 0.2) is 0 Å². The molecule has 1 saturated heterocycles. The number of nitro benzene ring substituents is 1. The predicted octanol–water partition coefficient (Wildman–Crippen LogP) is 2.31. The van der Waals surface area contributed by atoms with E-state index in [0.29, 0.717) is 12.1 Å². The molecule has 6 nitrogen and oxygen atoms in total. The summed E-state index contributed by atoms with van der Waals surface area (Å²) in [6.07, 6.45) is 3.94. The van der Waals surface area contributed by atoms with Gasteiger partial charge in [0.1, 0.15) is 0 Å². The van der Waals surface area contributed by atoms with Crippen molar-refractivity contribution in [2.45, 2.75) is 44.7 Å². The van der Waals surface area contributed by atoms with E-state index in [1.807, 2.05) is 12.1 Å². The van der Waals surface area contributed by atoms with Gasteiger partial charge in [-0.15, -0.1) is 0 Å². The molecule has 0 saturated carbocycles. The monoisotopic (exact) mass is 307 g/mol. The number of nitro groups is 1. The lowest BCUT2D eigenvalue weighted by Gasteiger charge is -2.35. The van der Waals surface area contributed by atoms with Crippen molar-refractivity contribution in [3.05, 3.63) is 34.4 Å². The number of piperidine rings is 1. The molecule has 2 N–H and O–H groups in total. The summed E-state index contributed by atoms with van der Waals surface area (Å²) in [5.41, 5.74) is 1.18. The minimum Gasteiger partial charge on any atom is -0.396 e. The highest BCUT2D eigenvalue weighted by atomic mass is 16.6. The maximum atomic E-state index is 10.7. The van der Waals surface area contributed by atoms with Crippen molar-refractivity contribution in [1.82, 2.24) is 5.32 Å². The Hall–Kier alpha value is -1.66. The van der Waals surface area contributed by atoms with Crippen LogP contribution in [0, 0.1) is 10.1 Å². The van der Waals surface area contributed by atoms with Gasteiger partial charge in [0, 0.05) is 49.6 Å². The van der Waals surface area contributed by atoms with Crippen molar-refractivity contribution >= 4 is 11.4 Å². The van der Waals surface area contributed by atoms with Crippen molar-refractivity contribution in [3.63, 3.8) is 0 Å². The fourth-order valence-electron chi connectivity index (χ4n) is 2.98. The van der Waals surface area contributed by atoms with Crippen LogP contribution in [0.1, 0.15) is 32.6 Å². The Labute approximate surface area is 131 Å². The lowest BCUT2D eigenvalue weighted by atomic mass is 10.0. The number of rotatable bonds is 7. The first kappa shape index (κ1) is 16.7. The van der Waals surface area contributed by atoms with Crippen LogP contribution in [0.4, 0.5) is 11.4 Å². The lowest BCUT2D eigenvalue weighted by Crippen LogP contribution is -2.46. The molecule has 0 radical (unpaired) electrons. The van der Waals surface area contributed by atoms with Gasteiger partial charge in [-0.1, -0.05) is 6.92 Å². The molecule has 1 atom stereocenters. The van der Waals surface area contributed by atoms with Crippen LogP contribution in [0.2, 0.25) is 0 Å². The third-order valence-electron chi connectivity index (χ3n) is 4.36. The first-order chi connectivity index (χ1) is 10.6. The van der Waals surface area contributed by atoms with E-state index in [0.717, 1.165) is 44.5 Å². The van der Waals surface area contributed by atoms with E-state index in [1.165, 1.54) is 0 Å². The number of non-ortho nitro benzene ring substituents is 1. The molecule has 1 heterocycles. The standard InChI is InChI=1S/C16H25N3O3/c1-2-13(9-12-20)17-14-7-10-18(11-8-14)15-3-5-16(6-4-15)19(21)22/h3-6,13-14,17,20H,2,7-12H2,1H3. The number of nitrogens with one attached hydrogen (secondary N) is 1. The number of anilines is 1. The zero-order valence-electron chi connectivity index (χ0n) is 13.1. The molecular formula is C16H25N3O3. The summed E-state index contributed by atoms with van der Waals surface area (Å²) >= 11 is 0. The van der Waals surface area contributed by atoms with Gasteiger partial charge < -0.3 is 15.3 Å². The molecule has 1 fully saturated rings. The van der Waals surface area contributed by atoms with E-state index < -0.39 is 0 Å². The summed E-state index contributed by atoms with van der Waals surface area (Å²) in [5, 5.41) is 23.4. The van der Waals surface area contributed by atoms with Crippen LogP contribution in [0.5, 0.6) is 0 Å². The van der Waals surface area contributed by atoms with Crippen LogP contribution in [-0.4, -0.2) is 41.8 Å². The van der Waals surface area contributed by atoms with Crippen molar-refractivity contribution < 1.29 is 10.0 Å². The molecule has 1 unspecified atom stereocenters. The zero-order chi connectivity index (χ0) is 15.9. The Kier molecular flexibility index (Phi) is 6.15. The average molecular weight is 307 g/mol. The summed E-state index contributed by atoms with van der Waals surface area (Å²) in [7, 11) is 0. The largest absolute Gasteiger partial charge is 0.396 e. The zero-order valence-corrected chi connectivity index (χ0v) is 13.1. The van der Waals surface area contributed by atoms with Gasteiger partial charge in [-0.05, 0) is 37.8 Å². The van der Waals surface area contributed by atoms with Gasteiger partial charge in [-0.25, -0.2) is 0 Å². The third kappa shape index (κ3) is 4.42. The Morgan fingerprint density at radius 1 is 1.36 bits per heavy atom. The molecule has 1 aliphatic rings. The van der Waals surface area contributed by atoms with E-state index in [-0.39, 0.29) is 17.2 Å². The summed E-state index contributed by atoms with van der Waals surface area (Å²) in [6.45, 7) is 4.27. The van der Waals surface area contributed by atoms with Crippen LogP contribution in [0.25, 0.3) is 0 Å². The highest BCUT2D eigenvalue weighted by molar-refractivity contribution is 5.51. The van der Waals surface area contributed by atoms with E-state index in [1.54, 1.807) is 12.1 Å². The van der Waals surface area contributed by atoms with Gasteiger partial charge in [-0.3, -0.25) is 10.1 Å². The van der Waals surface area contributed by atoms with Crippen molar-refractivity contribution in [2.75, 3.05) is 24.6 Å². The highest BCUT2D eigenvalue weighted by Gasteiger charge is 2.21. The highest BCUT2D eigenvalue weighted by Crippen LogP contribution is 2.23. The number of benzene rings is 1. The molecule has 1 aromatic rings. The van der Waals surface area contributed by atoms with Crippen molar-refractivity contribution in [1.29, 1.82) is 0 Å². The van der Waals surface area contributed by atoms with E-state index in [9.17, 15) is 10.1 Å². The van der Waals surface area contributed by atoms with Gasteiger partial charge in [0.05, 0.1) is 4.92 Å². The Bertz CT molecular complexity index is 470. The summed E-state index contributed by atoms with van der Waals surface area (Å²) in [4.78, 5) is 12.6. The normalized spacial score (nSPS) is 17.5. The minimum absolute atomic E-state index is 0.134. The molecule has 0 bridgehead atoms. The minimum atomic E-state index is -0.369. The number of aliphatic hydroxyl groups is 1. The average Bonchev–Trinajstić information content (AvgIpc) is 2.55. The fourth-order valence-corrected chi connectivity index (χ4v) is 2.98. The number of hydrogen-bond acceptors (Lipinski definition) is 5. The number of nitrogens with zero attached hydrogens (tertiary/aromatic N) is 2. The maximum Gasteiger partial charge on any atom is 0.269 e. The second kappa shape index (κ2) is 8.10. The van der Waals surface area contributed by atoms with Gasteiger partial charge >= 0.3 is 0 Å². The Balaban J connectivity index is 1.85. The summed E-state index contributed by atoms with van der Waals surface area (Å²) < 4.78 is 0. The van der Waals surface area contributed by atoms with Gasteiger partial charge in [0.2, 0.25) is 0 Å². The third-order valence-corrected chi connectivity index (χ3v) is 4.36. The summed E-state index contributed by atoms with van der Waals surface area (Å²) in [6, 6.07) is 7.66. The lowest BCUT2D eigenvalue weighted by molar-refractivity contribution is -0.384. The molecule has 1 aliphatic heterocycles. The van der Waals surface area contributed by atoms with E-state index in [4.69, 9.17) is 5.11 Å². The Morgan fingerprint density at radius 2 is 2.00 bits per heavy atom. The van der Waals surface area contributed by atoms with Crippen LogP contribution in [0.15, 0.2) is 24.3 Å². The second-order valence-corrected chi connectivity index (χ2v) is 5.82. The van der Waals surface area contributed by atoms with Crippen LogP contribution in [-0.2, 0) is 0 Å². The van der Waals surface area contributed by atoms with Crippen molar-refractivity contribution in [2.24, 2.45) is 0 Å². The van der Waals surface area contributed by atoms with Gasteiger partial charge in [-0.2, -0.15) is 0 Å². The molecule has 0 aliphatic carbocycles. The first-order valence-electron chi connectivity index (χ1n) is 8.00. The molecule has 0 amide bonds. The van der Waals surface area contributed by atoms with E-state index >= 15 is 0 Å². The van der Waals surface area contributed by atoms with Crippen LogP contribution < -0.4 is 10.2 Å². The first-order valence-corrected chi connectivity index (χ1v) is 8.00. The maximum absolute atomic E-state index is 10.7. The molecule has 0 spiro atoms. The number of hydrogen-bond donors (Lipinski definition) is 2. The second-order valence-electron chi connectivity index (χ2n) is 5.82. The molecule has 2 rings (SSSR count). The van der Waals surface area contributed by atoms with Crippen LogP contribution in [0.3, 0.4) is 0 Å². The summed E-state index contributed by atoms with van der Waals surface area (Å²) in [5.74, 6) is 0. The molecule has 122 valence electrons. The van der Waals surface area contributed by atoms with Crippen molar-refractivity contribution in [3.8, 4) is 0 Å². The smallest absolute Gasteiger partial charge is 0.269 e. The molecular weight excluding hydrogens is 282 g/mol. The van der Waals surface area contributed by atoms with E-state index in [2.05, 4.69) is 17.1 Å². The number of aliphatic hydroxyl groups excluding tert-OH is 1. The quantitative estimate of drug-likeness (QED) is 0.597. The molecule has 6 heteroatoms. The van der Waals surface area contributed by atoms with Crippen LogP contribution >= 0.6 is 0 Å². The molecule has 0 aromatic heterocycles. The molecule has 1 aromatic carbocycles. The SMILES string of the molecule is CCC(CCO)NC1CCN(c2ccc([N+](=O)[O-])cc2)CC1. The van der Waals surface area contributed by atoms with Gasteiger partial charge in [0.25, 0.3) is 5.69 Å². The topological polar surface area (TPSA) is 78.6 Å². The molecule has 22 heavy (non-hydrogen) atoms. The Morgan fingerprint density at radius 3 is 2.50 bits per heavy atom. The fraction of sp³-hybridized carbons (Fsp3) is 0.625. The predicted molar refractivity (Wildman–Crippen MR) is 87.2 cm³/mol.